The molecule has 0 amide bonds. The van der Waals surface area contributed by atoms with Gasteiger partial charge in [-0.05, 0) is 53.9 Å². The van der Waals surface area contributed by atoms with Crippen LogP contribution in [0.5, 0.6) is 0 Å². The summed E-state index contributed by atoms with van der Waals surface area (Å²) in [7, 11) is 0. The van der Waals surface area contributed by atoms with Crippen molar-refractivity contribution in [3.8, 4) is 0 Å². The molecule has 0 bridgehead atoms. The van der Waals surface area contributed by atoms with E-state index in [-0.39, 0.29) is 0 Å². The maximum absolute atomic E-state index is 5.44. The van der Waals surface area contributed by atoms with E-state index in [1.807, 2.05) is 13.1 Å². The molecule has 3 N–H and O–H groups in total. The molecule has 1 aromatic rings. The average Bonchev–Trinajstić information content (AvgIpc) is 2.26. The first kappa shape index (κ1) is 13.5. The smallest absolute Gasteiger partial charge is 0.140 e. The number of halogens is 1. The van der Waals surface area contributed by atoms with Gasteiger partial charge in [-0.1, -0.05) is 12.8 Å². The summed E-state index contributed by atoms with van der Waals surface area (Å²) in [5, 5.41) is 3.33. The maximum Gasteiger partial charge on any atom is 0.140 e. The third-order valence-corrected chi connectivity index (χ3v) is 3.01. The quantitative estimate of drug-likeness (QED) is 0.757. The van der Waals surface area contributed by atoms with Crippen molar-refractivity contribution in [1.82, 2.24) is 4.98 Å². The number of rotatable bonds is 7. The topological polar surface area (TPSA) is 50.9 Å². The Bertz CT molecular complexity index is 315. The van der Waals surface area contributed by atoms with Gasteiger partial charge in [-0.15, -0.1) is 0 Å². The summed E-state index contributed by atoms with van der Waals surface area (Å²) >= 11 is 3.50. The van der Waals surface area contributed by atoms with Crippen molar-refractivity contribution in [2.45, 2.75) is 32.6 Å². The molecule has 1 rings (SSSR count). The molecule has 1 aromatic heterocycles. The van der Waals surface area contributed by atoms with Gasteiger partial charge in [0.05, 0.1) is 4.47 Å². The highest BCUT2D eigenvalue weighted by molar-refractivity contribution is 9.10. The molecule has 0 aromatic carbocycles. The zero-order chi connectivity index (χ0) is 11.8. The van der Waals surface area contributed by atoms with Crippen LogP contribution in [0.4, 0.5) is 5.82 Å². The highest BCUT2D eigenvalue weighted by atomic mass is 79.9. The number of aromatic nitrogens is 1. The molecular weight excluding hydrogens is 266 g/mol. The Kier molecular flexibility index (Phi) is 6.42. The summed E-state index contributed by atoms with van der Waals surface area (Å²) in [4.78, 5) is 4.33. The van der Waals surface area contributed by atoms with E-state index in [0.29, 0.717) is 0 Å². The zero-order valence-corrected chi connectivity index (χ0v) is 11.4. The van der Waals surface area contributed by atoms with Crippen molar-refractivity contribution in [2.75, 3.05) is 18.4 Å². The number of hydrogen-bond donors (Lipinski definition) is 2. The molecule has 0 saturated carbocycles. The van der Waals surface area contributed by atoms with E-state index in [1.165, 1.54) is 24.8 Å². The number of aryl methyl sites for hydroxylation is 1. The van der Waals surface area contributed by atoms with Crippen LogP contribution in [-0.4, -0.2) is 18.1 Å². The Morgan fingerprint density at radius 2 is 2.06 bits per heavy atom. The van der Waals surface area contributed by atoms with Crippen LogP contribution in [0.3, 0.4) is 0 Å². The molecule has 0 aliphatic carbocycles. The second-order valence-corrected chi connectivity index (χ2v) is 4.83. The van der Waals surface area contributed by atoms with E-state index in [4.69, 9.17) is 5.73 Å². The number of nitrogens with zero attached hydrogens (tertiary/aromatic N) is 1. The fraction of sp³-hybridized carbons (Fsp3) is 0.583. The van der Waals surface area contributed by atoms with Gasteiger partial charge in [0.2, 0.25) is 0 Å². The summed E-state index contributed by atoms with van der Waals surface area (Å²) in [6.45, 7) is 3.81. The van der Waals surface area contributed by atoms with E-state index in [0.717, 1.165) is 29.8 Å². The number of nitrogens with one attached hydrogen (secondary N) is 1. The number of nitrogens with two attached hydrogens (primary N) is 1. The first-order valence-electron chi connectivity index (χ1n) is 5.80. The largest absolute Gasteiger partial charge is 0.369 e. The molecule has 0 atom stereocenters. The van der Waals surface area contributed by atoms with Gasteiger partial charge in [-0.3, -0.25) is 0 Å². The normalized spacial score (nSPS) is 10.4. The third kappa shape index (κ3) is 4.94. The molecular formula is C12H20BrN3. The van der Waals surface area contributed by atoms with Crippen molar-refractivity contribution in [1.29, 1.82) is 0 Å². The number of anilines is 1. The van der Waals surface area contributed by atoms with Gasteiger partial charge in [-0.2, -0.15) is 0 Å². The Morgan fingerprint density at radius 1 is 1.31 bits per heavy atom. The fourth-order valence-corrected chi connectivity index (χ4v) is 2.10. The Labute approximate surface area is 106 Å². The van der Waals surface area contributed by atoms with Gasteiger partial charge < -0.3 is 11.1 Å². The Hall–Kier alpha value is -0.610. The lowest BCUT2D eigenvalue weighted by Crippen LogP contribution is -2.04. The van der Waals surface area contributed by atoms with Crippen LogP contribution in [0.15, 0.2) is 16.7 Å². The highest BCUT2D eigenvalue weighted by Crippen LogP contribution is 2.20. The summed E-state index contributed by atoms with van der Waals surface area (Å²) in [6.07, 6.45) is 6.63. The summed E-state index contributed by atoms with van der Waals surface area (Å²) in [6, 6.07) is 2.07. The molecule has 3 nitrogen and oxygen atoms in total. The van der Waals surface area contributed by atoms with Crippen LogP contribution in [0.1, 0.15) is 31.2 Å². The van der Waals surface area contributed by atoms with Gasteiger partial charge in [0.15, 0.2) is 0 Å². The van der Waals surface area contributed by atoms with Crippen molar-refractivity contribution < 1.29 is 0 Å². The maximum atomic E-state index is 5.44. The molecule has 90 valence electrons. The predicted octanol–water partition coefficient (Wildman–Crippen LogP) is 3.08. The van der Waals surface area contributed by atoms with Crippen molar-refractivity contribution in [3.63, 3.8) is 0 Å². The molecule has 16 heavy (non-hydrogen) atoms. The number of hydrogen-bond acceptors (Lipinski definition) is 3. The second-order valence-electron chi connectivity index (χ2n) is 3.97. The zero-order valence-electron chi connectivity index (χ0n) is 9.80. The molecule has 0 aliphatic heterocycles. The average molecular weight is 286 g/mol. The van der Waals surface area contributed by atoms with Crippen LogP contribution in [0.25, 0.3) is 0 Å². The third-order valence-electron chi connectivity index (χ3n) is 2.40. The minimum Gasteiger partial charge on any atom is -0.369 e. The molecule has 4 heteroatoms. The van der Waals surface area contributed by atoms with Gasteiger partial charge in [0, 0.05) is 12.7 Å². The number of pyridine rings is 1. The summed E-state index contributed by atoms with van der Waals surface area (Å²) in [5.74, 6) is 0.935. The summed E-state index contributed by atoms with van der Waals surface area (Å²) in [5.41, 5.74) is 6.60. The van der Waals surface area contributed by atoms with Crippen molar-refractivity contribution in [3.05, 3.63) is 22.3 Å². The lowest BCUT2D eigenvalue weighted by atomic mass is 10.2. The number of unbranched alkanes of at least 4 members (excludes halogenated alkanes) is 3. The SMILES string of the molecule is Cc1cnc(NCCCCCCN)c(Br)c1. The fourth-order valence-electron chi connectivity index (χ4n) is 1.49. The molecule has 0 saturated heterocycles. The van der Waals surface area contributed by atoms with E-state index >= 15 is 0 Å². The Morgan fingerprint density at radius 3 is 2.75 bits per heavy atom. The molecule has 0 unspecified atom stereocenters. The molecule has 0 aliphatic rings. The van der Waals surface area contributed by atoms with E-state index < -0.39 is 0 Å². The Balaban J connectivity index is 2.21. The van der Waals surface area contributed by atoms with Crippen LogP contribution in [0, 0.1) is 6.92 Å². The second kappa shape index (κ2) is 7.63. The van der Waals surface area contributed by atoms with Gasteiger partial charge in [0.25, 0.3) is 0 Å². The van der Waals surface area contributed by atoms with Crippen molar-refractivity contribution in [2.24, 2.45) is 5.73 Å². The van der Waals surface area contributed by atoms with E-state index in [9.17, 15) is 0 Å². The van der Waals surface area contributed by atoms with Gasteiger partial charge in [0.1, 0.15) is 5.82 Å². The molecule has 1 heterocycles. The van der Waals surface area contributed by atoms with Gasteiger partial charge in [-0.25, -0.2) is 4.98 Å². The standard InChI is InChI=1S/C12H20BrN3/c1-10-8-11(13)12(16-9-10)15-7-5-3-2-4-6-14/h8-9H,2-7,14H2,1H3,(H,15,16). The minimum absolute atomic E-state index is 0.804. The summed E-state index contributed by atoms with van der Waals surface area (Å²) < 4.78 is 1.04. The van der Waals surface area contributed by atoms with Crippen LogP contribution < -0.4 is 11.1 Å². The van der Waals surface area contributed by atoms with Gasteiger partial charge >= 0.3 is 0 Å². The van der Waals surface area contributed by atoms with Crippen LogP contribution >= 0.6 is 15.9 Å². The van der Waals surface area contributed by atoms with Crippen molar-refractivity contribution >= 4 is 21.7 Å². The van der Waals surface area contributed by atoms with E-state index in [2.05, 4.69) is 32.3 Å². The minimum atomic E-state index is 0.804. The van der Waals surface area contributed by atoms with E-state index in [1.54, 1.807) is 0 Å². The predicted molar refractivity (Wildman–Crippen MR) is 72.7 cm³/mol. The highest BCUT2D eigenvalue weighted by Gasteiger charge is 2.00. The molecule has 0 fully saturated rings. The molecule has 0 spiro atoms. The molecule has 0 radical (unpaired) electrons. The first-order chi connectivity index (χ1) is 7.74. The lowest BCUT2D eigenvalue weighted by Gasteiger charge is -2.07. The lowest BCUT2D eigenvalue weighted by molar-refractivity contribution is 0.661. The monoisotopic (exact) mass is 285 g/mol. The first-order valence-corrected chi connectivity index (χ1v) is 6.59. The van der Waals surface area contributed by atoms with Crippen LogP contribution in [0.2, 0.25) is 0 Å². The van der Waals surface area contributed by atoms with Crippen LogP contribution in [-0.2, 0) is 0 Å².